The van der Waals surface area contributed by atoms with Gasteiger partial charge in [-0.15, -0.1) is 0 Å². The second-order valence-corrected chi connectivity index (χ2v) is 6.35. The number of para-hydroxylation sites is 2. The van der Waals surface area contributed by atoms with Gasteiger partial charge in [0, 0.05) is 0 Å². The number of hydrogen-bond donors (Lipinski definition) is 1. The Bertz CT molecular complexity index is 1140. The molecule has 0 aliphatic heterocycles. The lowest BCUT2D eigenvalue weighted by molar-refractivity contribution is 0.476. The second-order valence-electron chi connectivity index (χ2n) is 6.35. The highest BCUT2D eigenvalue weighted by Gasteiger charge is 2.15. The van der Waals surface area contributed by atoms with Gasteiger partial charge in [0.1, 0.15) is 11.6 Å². The quantitative estimate of drug-likeness (QED) is 0.609. The molecule has 128 valence electrons. The van der Waals surface area contributed by atoms with Crippen LogP contribution in [0.25, 0.3) is 22.3 Å². The number of phenolic OH excluding ortho intramolecular Hbond substituents is 1. The molecule has 0 fully saturated rings. The van der Waals surface area contributed by atoms with Crippen molar-refractivity contribution in [2.45, 2.75) is 13.5 Å². The maximum atomic E-state index is 13.1. The van der Waals surface area contributed by atoms with E-state index in [-0.39, 0.29) is 11.3 Å². The van der Waals surface area contributed by atoms with Crippen LogP contribution in [0.15, 0.2) is 77.6 Å². The van der Waals surface area contributed by atoms with Crippen molar-refractivity contribution in [1.29, 1.82) is 0 Å². The van der Waals surface area contributed by atoms with E-state index in [0.717, 1.165) is 5.56 Å². The van der Waals surface area contributed by atoms with Crippen LogP contribution < -0.4 is 5.56 Å². The van der Waals surface area contributed by atoms with Crippen molar-refractivity contribution in [3.8, 4) is 17.1 Å². The minimum absolute atomic E-state index is 0.104. The van der Waals surface area contributed by atoms with Crippen LogP contribution in [0.3, 0.4) is 0 Å². The molecular weight excluding hydrogens is 324 g/mol. The summed E-state index contributed by atoms with van der Waals surface area (Å²) in [6.45, 7) is 2.42. The lowest BCUT2D eigenvalue weighted by atomic mass is 10.1. The molecule has 0 saturated carbocycles. The molecule has 4 rings (SSSR count). The van der Waals surface area contributed by atoms with Gasteiger partial charge in [-0.25, -0.2) is 4.98 Å². The van der Waals surface area contributed by atoms with Crippen LogP contribution in [0.1, 0.15) is 11.1 Å². The van der Waals surface area contributed by atoms with Gasteiger partial charge in [0.05, 0.1) is 23.0 Å². The van der Waals surface area contributed by atoms with Crippen molar-refractivity contribution in [3.63, 3.8) is 0 Å². The van der Waals surface area contributed by atoms with E-state index in [9.17, 15) is 9.90 Å². The Kier molecular flexibility index (Phi) is 4.01. The van der Waals surface area contributed by atoms with E-state index in [0.29, 0.717) is 28.8 Å². The monoisotopic (exact) mass is 342 g/mol. The summed E-state index contributed by atoms with van der Waals surface area (Å²) >= 11 is 0. The molecule has 0 amide bonds. The van der Waals surface area contributed by atoms with Crippen LogP contribution in [-0.2, 0) is 6.54 Å². The smallest absolute Gasteiger partial charge is 0.261 e. The lowest BCUT2D eigenvalue weighted by Gasteiger charge is -2.15. The third-order valence-corrected chi connectivity index (χ3v) is 4.47. The molecule has 0 radical (unpaired) electrons. The fourth-order valence-electron chi connectivity index (χ4n) is 3.06. The topological polar surface area (TPSA) is 55.1 Å². The minimum atomic E-state index is -0.116. The van der Waals surface area contributed by atoms with Crippen LogP contribution in [-0.4, -0.2) is 14.7 Å². The van der Waals surface area contributed by atoms with Crippen molar-refractivity contribution in [2.75, 3.05) is 0 Å². The average Bonchev–Trinajstić information content (AvgIpc) is 2.66. The van der Waals surface area contributed by atoms with E-state index in [1.807, 2.05) is 55.5 Å². The third-order valence-electron chi connectivity index (χ3n) is 4.47. The summed E-state index contributed by atoms with van der Waals surface area (Å²) < 4.78 is 1.63. The van der Waals surface area contributed by atoms with E-state index < -0.39 is 0 Å². The van der Waals surface area contributed by atoms with Crippen molar-refractivity contribution in [3.05, 3.63) is 94.3 Å². The number of fused-ring (bicyclic) bond motifs is 1. The van der Waals surface area contributed by atoms with Gasteiger partial charge in [0.15, 0.2) is 0 Å². The van der Waals surface area contributed by atoms with E-state index in [4.69, 9.17) is 0 Å². The van der Waals surface area contributed by atoms with E-state index in [1.165, 1.54) is 5.56 Å². The fourth-order valence-corrected chi connectivity index (χ4v) is 3.06. The Labute approximate surface area is 151 Å². The molecule has 0 atom stereocenters. The molecule has 4 nitrogen and oxygen atoms in total. The largest absolute Gasteiger partial charge is 0.507 e. The van der Waals surface area contributed by atoms with Crippen LogP contribution in [0.4, 0.5) is 0 Å². The second kappa shape index (κ2) is 6.48. The molecule has 1 heterocycles. The zero-order valence-corrected chi connectivity index (χ0v) is 14.4. The lowest BCUT2D eigenvalue weighted by Crippen LogP contribution is -2.24. The first-order valence-electron chi connectivity index (χ1n) is 8.47. The number of aromatic nitrogens is 2. The molecule has 0 unspecified atom stereocenters. The van der Waals surface area contributed by atoms with Gasteiger partial charge in [-0.05, 0) is 36.8 Å². The van der Waals surface area contributed by atoms with Crippen LogP contribution in [0.5, 0.6) is 5.75 Å². The molecule has 0 aliphatic carbocycles. The van der Waals surface area contributed by atoms with E-state index >= 15 is 0 Å². The van der Waals surface area contributed by atoms with Crippen molar-refractivity contribution < 1.29 is 5.11 Å². The number of benzene rings is 3. The summed E-state index contributed by atoms with van der Waals surface area (Å²) in [5.74, 6) is 0.569. The molecule has 4 aromatic rings. The zero-order valence-electron chi connectivity index (χ0n) is 14.4. The molecule has 0 bridgehead atoms. The summed E-state index contributed by atoms with van der Waals surface area (Å²) in [5, 5.41) is 10.9. The first-order valence-corrected chi connectivity index (χ1v) is 8.47. The molecule has 0 aliphatic rings. The molecular formula is C22H18N2O2. The van der Waals surface area contributed by atoms with Crippen LogP contribution >= 0.6 is 0 Å². The highest BCUT2D eigenvalue weighted by Crippen LogP contribution is 2.28. The third kappa shape index (κ3) is 2.86. The number of aromatic hydroxyl groups is 1. The van der Waals surface area contributed by atoms with Gasteiger partial charge in [0.25, 0.3) is 5.56 Å². The van der Waals surface area contributed by atoms with Crippen molar-refractivity contribution >= 4 is 10.9 Å². The van der Waals surface area contributed by atoms with Gasteiger partial charge in [-0.1, -0.05) is 54.1 Å². The van der Waals surface area contributed by atoms with Gasteiger partial charge in [-0.3, -0.25) is 9.36 Å². The Balaban J connectivity index is 1.98. The maximum Gasteiger partial charge on any atom is 0.261 e. The van der Waals surface area contributed by atoms with Gasteiger partial charge < -0.3 is 5.11 Å². The Morgan fingerprint density at radius 1 is 0.923 bits per heavy atom. The number of phenols is 1. The summed E-state index contributed by atoms with van der Waals surface area (Å²) in [6, 6.07) is 22.3. The van der Waals surface area contributed by atoms with Crippen molar-refractivity contribution in [2.24, 2.45) is 0 Å². The molecule has 1 aromatic heterocycles. The van der Waals surface area contributed by atoms with Crippen LogP contribution in [0, 0.1) is 6.92 Å². The van der Waals surface area contributed by atoms with E-state index in [1.54, 1.807) is 28.8 Å². The predicted molar refractivity (Wildman–Crippen MR) is 103 cm³/mol. The first kappa shape index (κ1) is 16.1. The molecule has 0 saturated heterocycles. The molecule has 1 N–H and O–H groups in total. The zero-order chi connectivity index (χ0) is 18.1. The van der Waals surface area contributed by atoms with Crippen LogP contribution in [0.2, 0.25) is 0 Å². The number of aryl methyl sites for hydroxylation is 1. The number of rotatable bonds is 3. The molecule has 3 aromatic carbocycles. The summed E-state index contributed by atoms with van der Waals surface area (Å²) in [5.41, 5.74) is 3.22. The summed E-state index contributed by atoms with van der Waals surface area (Å²) in [7, 11) is 0. The molecule has 4 heteroatoms. The van der Waals surface area contributed by atoms with Gasteiger partial charge in [-0.2, -0.15) is 0 Å². The van der Waals surface area contributed by atoms with E-state index in [2.05, 4.69) is 4.98 Å². The van der Waals surface area contributed by atoms with Gasteiger partial charge >= 0.3 is 0 Å². The summed E-state index contributed by atoms with van der Waals surface area (Å²) in [4.78, 5) is 17.8. The Morgan fingerprint density at radius 3 is 2.38 bits per heavy atom. The standard InChI is InChI=1S/C22H18N2O2/c1-15-10-12-16(13-11-15)14-24-21(18-7-3-5-9-20(18)25)23-19-8-4-2-6-17(19)22(24)26/h2-13,25H,14H2,1H3. The normalized spacial score (nSPS) is 11.0. The maximum absolute atomic E-state index is 13.1. The SMILES string of the molecule is Cc1ccc(Cn2c(-c3ccccc3O)nc3ccccc3c2=O)cc1. The molecule has 0 spiro atoms. The van der Waals surface area contributed by atoms with Gasteiger partial charge in [0.2, 0.25) is 0 Å². The number of hydrogen-bond acceptors (Lipinski definition) is 3. The summed E-state index contributed by atoms with van der Waals surface area (Å²) in [6.07, 6.45) is 0. The fraction of sp³-hybridized carbons (Fsp3) is 0.0909. The number of nitrogens with zero attached hydrogens (tertiary/aromatic N) is 2. The molecule has 26 heavy (non-hydrogen) atoms. The Hall–Kier alpha value is -3.40. The average molecular weight is 342 g/mol. The first-order chi connectivity index (χ1) is 12.6. The predicted octanol–water partition coefficient (Wildman–Crippen LogP) is 4.13. The Morgan fingerprint density at radius 2 is 1.62 bits per heavy atom. The highest BCUT2D eigenvalue weighted by atomic mass is 16.3. The van der Waals surface area contributed by atoms with Crippen molar-refractivity contribution in [1.82, 2.24) is 9.55 Å². The highest BCUT2D eigenvalue weighted by molar-refractivity contribution is 5.80. The minimum Gasteiger partial charge on any atom is -0.507 e.